The van der Waals surface area contributed by atoms with Crippen LogP contribution in [0.25, 0.3) is 0 Å². The normalized spacial score (nSPS) is 16.4. The van der Waals surface area contributed by atoms with Crippen LogP contribution in [-0.4, -0.2) is 11.1 Å². The Morgan fingerprint density at radius 1 is 1.47 bits per heavy atom. The summed E-state index contributed by atoms with van der Waals surface area (Å²) < 4.78 is 5.72. The molecule has 0 unspecified atom stereocenters. The first-order valence-electron chi connectivity index (χ1n) is 5.50. The second-order valence-corrected chi connectivity index (χ2v) is 4.29. The fraction of sp³-hybridized carbons (Fsp3) is 0.583. The van der Waals surface area contributed by atoms with E-state index in [9.17, 15) is 0 Å². The lowest BCUT2D eigenvalue weighted by atomic mass is 9.96. The van der Waals surface area contributed by atoms with Crippen molar-refractivity contribution >= 4 is 5.69 Å². The zero-order valence-corrected chi connectivity index (χ0v) is 9.42. The monoisotopic (exact) mass is 206 g/mol. The van der Waals surface area contributed by atoms with Crippen molar-refractivity contribution in [2.75, 3.05) is 5.73 Å². The number of ether oxygens (including phenoxy) is 1. The van der Waals surface area contributed by atoms with Gasteiger partial charge in [-0.15, -0.1) is 0 Å². The standard InChI is InChI=1S/C12H18N2O/c1-8-6-14-11(9(2)12(8)13)7-15-10-4-3-5-10/h6,10H,3-5,7H2,1-2H3,(H2,13,14). The van der Waals surface area contributed by atoms with Crippen LogP contribution >= 0.6 is 0 Å². The van der Waals surface area contributed by atoms with E-state index < -0.39 is 0 Å². The number of aryl methyl sites for hydroxylation is 1. The largest absolute Gasteiger partial charge is 0.398 e. The number of pyridine rings is 1. The smallest absolute Gasteiger partial charge is 0.0895 e. The van der Waals surface area contributed by atoms with Crippen LogP contribution in [0.1, 0.15) is 36.1 Å². The van der Waals surface area contributed by atoms with E-state index in [2.05, 4.69) is 4.98 Å². The maximum atomic E-state index is 5.94. The molecule has 2 N–H and O–H groups in total. The van der Waals surface area contributed by atoms with Crippen molar-refractivity contribution in [2.45, 2.75) is 45.8 Å². The summed E-state index contributed by atoms with van der Waals surface area (Å²) in [6.45, 7) is 4.59. The molecule has 2 rings (SSSR count). The van der Waals surface area contributed by atoms with Gasteiger partial charge in [-0.1, -0.05) is 0 Å². The van der Waals surface area contributed by atoms with Crippen molar-refractivity contribution < 1.29 is 4.74 Å². The van der Waals surface area contributed by atoms with Crippen LogP contribution in [0.15, 0.2) is 6.20 Å². The molecule has 1 aliphatic rings. The number of anilines is 1. The lowest BCUT2D eigenvalue weighted by Crippen LogP contribution is -2.21. The first kappa shape index (κ1) is 10.4. The molecule has 0 atom stereocenters. The fourth-order valence-electron chi connectivity index (χ4n) is 1.67. The molecule has 0 spiro atoms. The summed E-state index contributed by atoms with van der Waals surface area (Å²) >= 11 is 0. The maximum absolute atomic E-state index is 5.94. The third kappa shape index (κ3) is 2.12. The van der Waals surface area contributed by atoms with Gasteiger partial charge in [0, 0.05) is 11.9 Å². The number of aromatic nitrogens is 1. The predicted molar refractivity (Wildman–Crippen MR) is 60.6 cm³/mol. The second-order valence-electron chi connectivity index (χ2n) is 4.29. The third-order valence-electron chi connectivity index (χ3n) is 3.18. The zero-order valence-electron chi connectivity index (χ0n) is 9.42. The van der Waals surface area contributed by atoms with E-state index >= 15 is 0 Å². The Balaban J connectivity index is 2.04. The lowest BCUT2D eigenvalue weighted by molar-refractivity contribution is -0.0103. The van der Waals surface area contributed by atoms with Crippen LogP contribution < -0.4 is 5.73 Å². The first-order valence-corrected chi connectivity index (χ1v) is 5.50. The molecule has 1 aromatic rings. The molecule has 15 heavy (non-hydrogen) atoms. The lowest BCUT2D eigenvalue weighted by Gasteiger charge is -2.25. The maximum Gasteiger partial charge on any atom is 0.0895 e. The minimum Gasteiger partial charge on any atom is -0.398 e. The summed E-state index contributed by atoms with van der Waals surface area (Å²) in [6, 6.07) is 0. The van der Waals surface area contributed by atoms with Crippen molar-refractivity contribution in [3.8, 4) is 0 Å². The third-order valence-corrected chi connectivity index (χ3v) is 3.18. The van der Waals surface area contributed by atoms with Gasteiger partial charge in [0.1, 0.15) is 0 Å². The molecular weight excluding hydrogens is 188 g/mol. The molecule has 0 amide bonds. The Bertz CT molecular complexity index is 359. The van der Waals surface area contributed by atoms with E-state index in [0.717, 1.165) is 22.5 Å². The molecule has 1 heterocycles. The number of hydrogen-bond donors (Lipinski definition) is 1. The van der Waals surface area contributed by atoms with Crippen molar-refractivity contribution in [3.63, 3.8) is 0 Å². The second kappa shape index (κ2) is 4.19. The number of rotatable bonds is 3. The van der Waals surface area contributed by atoms with E-state index in [1.807, 2.05) is 20.0 Å². The average Bonchev–Trinajstić information content (AvgIpc) is 2.15. The van der Waals surface area contributed by atoms with Gasteiger partial charge in [-0.3, -0.25) is 4.98 Å². The fourth-order valence-corrected chi connectivity index (χ4v) is 1.67. The number of hydrogen-bond acceptors (Lipinski definition) is 3. The van der Waals surface area contributed by atoms with E-state index in [-0.39, 0.29) is 0 Å². The van der Waals surface area contributed by atoms with Gasteiger partial charge in [-0.05, 0) is 44.2 Å². The zero-order chi connectivity index (χ0) is 10.8. The molecule has 0 saturated heterocycles. The predicted octanol–water partition coefficient (Wildman–Crippen LogP) is 2.35. The van der Waals surface area contributed by atoms with Crippen LogP contribution in [0.3, 0.4) is 0 Å². The highest BCUT2D eigenvalue weighted by molar-refractivity contribution is 5.53. The summed E-state index contributed by atoms with van der Waals surface area (Å²) in [5, 5.41) is 0. The van der Waals surface area contributed by atoms with Crippen LogP contribution in [0.2, 0.25) is 0 Å². The van der Waals surface area contributed by atoms with Crippen molar-refractivity contribution in [1.29, 1.82) is 0 Å². The molecule has 0 aromatic carbocycles. The summed E-state index contributed by atoms with van der Waals surface area (Å²) in [6.07, 6.45) is 5.96. The van der Waals surface area contributed by atoms with E-state index in [0.29, 0.717) is 12.7 Å². The van der Waals surface area contributed by atoms with Crippen molar-refractivity contribution in [1.82, 2.24) is 4.98 Å². The topological polar surface area (TPSA) is 48.1 Å². The Morgan fingerprint density at radius 2 is 2.20 bits per heavy atom. The number of nitrogens with two attached hydrogens (primary N) is 1. The van der Waals surface area contributed by atoms with Crippen LogP contribution in [-0.2, 0) is 11.3 Å². The minimum absolute atomic E-state index is 0.453. The van der Waals surface area contributed by atoms with Gasteiger partial charge in [-0.2, -0.15) is 0 Å². The van der Waals surface area contributed by atoms with Gasteiger partial charge >= 0.3 is 0 Å². The Morgan fingerprint density at radius 3 is 2.80 bits per heavy atom. The molecule has 1 fully saturated rings. The average molecular weight is 206 g/mol. The minimum atomic E-state index is 0.453. The van der Waals surface area contributed by atoms with Crippen LogP contribution in [0.5, 0.6) is 0 Å². The molecule has 1 saturated carbocycles. The molecule has 82 valence electrons. The van der Waals surface area contributed by atoms with E-state index in [4.69, 9.17) is 10.5 Å². The highest BCUT2D eigenvalue weighted by Gasteiger charge is 2.18. The summed E-state index contributed by atoms with van der Waals surface area (Å²) in [4.78, 5) is 4.36. The molecular formula is C12H18N2O. The molecule has 1 aromatic heterocycles. The molecule has 0 bridgehead atoms. The number of nitrogen functional groups attached to an aromatic ring is 1. The Hall–Kier alpha value is -1.09. The van der Waals surface area contributed by atoms with Gasteiger partial charge in [0.2, 0.25) is 0 Å². The summed E-state index contributed by atoms with van der Waals surface area (Å²) in [7, 11) is 0. The van der Waals surface area contributed by atoms with Crippen molar-refractivity contribution in [2.24, 2.45) is 0 Å². The molecule has 0 aliphatic heterocycles. The van der Waals surface area contributed by atoms with Gasteiger partial charge in [0.15, 0.2) is 0 Å². The summed E-state index contributed by atoms with van der Waals surface area (Å²) in [5.74, 6) is 0. The van der Waals surface area contributed by atoms with Crippen LogP contribution in [0.4, 0.5) is 5.69 Å². The van der Waals surface area contributed by atoms with E-state index in [1.54, 1.807) is 0 Å². The highest BCUT2D eigenvalue weighted by Crippen LogP contribution is 2.24. The number of nitrogens with zero attached hydrogens (tertiary/aromatic N) is 1. The quantitative estimate of drug-likeness (QED) is 0.825. The van der Waals surface area contributed by atoms with Gasteiger partial charge < -0.3 is 10.5 Å². The van der Waals surface area contributed by atoms with Gasteiger partial charge in [0.25, 0.3) is 0 Å². The molecule has 3 nitrogen and oxygen atoms in total. The Kier molecular flexibility index (Phi) is 2.91. The molecule has 0 radical (unpaired) electrons. The first-order chi connectivity index (χ1) is 7.18. The Labute approximate surface area is 90.7 Å². The SMILES string of the molecule is Cc1cnc(COC2CCC2)c(C)c1N. The van der Waals surface area contributed by atoms with Gasteiger partial charge in [-0.25, -0.2) is 0 Å². The summed E-state index contributed by atoms with van der Waals surface area (Å²) in [5.41, 5.74) is 9.87. The van der Waals surface area contributed by atoms with Crippen LogP contribution in [0, 0.1) is 13.8 Å². The molecule has 3 heteroatoms. The van der Waals surface area contributed by atoms with Gasteiger partial charge in [0.05, 0.1) is 18.4 Å². The molecule has 1 aliphatic carbocycles. The van der Waals surface area contributed by atoms with Crippen molar-refractivity contribution in [3.05, 3.63) is 23.0 Å². The van der Waals surface area contributed by atoms with E-state index in [1.165, 1.54) is 19.3 Å². The highest BCUT2D eigenvalue weighted by atomic mass is 16.5.